The highest BCUT2D eigenvalue weighted by molar-refractivity contribution is 6.30. The highest BCUT2D eigenvalue weighted by Gasteiger charge is 2.26. The average Bonchev–Trinajstić information content (AvgIpc) is 2.85. The van der Waals surface area contributed by atoms with Crippen molar-refractivity contribution < 1.29 is 14.3 Å². The maximum absolute atomic E-state index is 12.9. The maximum Gasteiger partial charge on any atom is 0.227 e. The van der Waals surface area contributed by atoms with Gasteiger partial charge in [-0.3, -0.25) is 9.59 Å². The van der Waals surface area contributed by atoms with E-state index in [9.17, 15) is 9.59 Å². The van der Waals surface area contributed by atoms with E-state index in [1.807, 2.05) is 60.7 Å². The molecule has 0 radical (unpaired) electrons. The Bertz CT molecular complexity index is 1140. The summed E-state index contributed by atoms with van der Waals surface area (Å²) in [5.74, 6) is 1.37. The number of ether oxygens (including phenoxy) is 1. The van der Waals surface area contributed by atoms with Crippen LogP contribution in [0.25, 0.3) is 0 Å². The molecule has 6 nitrogen and oxygen atoms in total. The number of hydrogen-bond acceptors (Lipinski definition) is 4. The van der Waals surface area contributed by atoms with E-state index in [0.29, 0.717) is 49.0 Å². The molecule has 2 N–H and O–H groups in total. The molecular formula is C27H28ClN3O3. The summed E-state index contributed by atoms with van der Waals surface area (Å²) in [6, 6.07) is 22.7. The molecule has 0 aliphatic carbocycles. The molecule has 0 spiro atoms. The number of carbonyl (C=O) groups excluding carboxylic acids is 2. The van der Waals surface area contributed by atoms with Gasteiger partial charge in [0, 0.05) is 43.2 Å². The predicted molar refractivity (Wildman–Crippen MR) is 135 cm³/mol. The van der Waals surface area contributed by atoms with Gasteiger partial charge in [0.25, 0.3) is 0 Å². The first kappa shape index (κ1) is 23.6. The number of nitrogens with zero attached hydrogens (tertiary/aromatic N) is 1. The van der Waals surface area contributed by atoms with Crippen LogP contribution in [-0.2, 0) is 16.1 Å². The highest BCUT2D eigenvalue weighted by atomic mass is 35.5. The summed E-state index contributed by atoms with van der Waals surface area (Å²) in [5, 5.41) is 7.17. The number of rotatable bonds is 7. The highest BCUT2D eigenvalue weighted by Crippen LogP contribution is 2.31. The Labute approximate surface area is 204 Å². The minimum atomic E-state index is -0.0925. The molecule has 0 saturated carbocycles. The van der Waals surface area contributed by atoms with Crippen LogP contribution in [0.2, 0.25) is 5.02 Å². The van der Waals surface area contributed by atoms with Crippen molar-refractivity contribution in [3.63, 3.8) is 0 Å². The number of carbonyl (C=O) groups is 2. The summed E-state index contributed by atoms with van der Waals surface area (Å²) < 4.78 is 6.03. The minimum absolute atomic E-state index is 0.00197. The topological polar surface area (TPSA) is 70.7 Å². The van der Waals surface area contributed by atoms with E-state index in [0.717, 1.165) is 16.9 Å². The van der Waals surface area contributed by atoms with Crippen LogP contribution in [0.1, 0.15) is 25.3 Å². The third-order valence-electron chi connectivity index (χ3n) is 5.98. The zero-order chi connectivity index (χ0) is 23.9. The summed E-state index contributed by atoms with van der Waals surface area (Å²) in [4.78, 5) is 26.2. The Balaban J connectivity index is 1.40. The monoisotopic (exact) mass is 477 g/mol. The SMILES string of the molecule is CC(=O)N1CCC(C(=O)Nc2ccccc2CNc2ccccc2Oc2ccc(Cl)cc2)CC1. The molecule has 1 heterocycles. The number of hydrogen-bond donors (Lipinski definition) is 2. The molecule has 3 aromatic rings. The van der Waals surface area contributed by atoms with Gasteiger partial charge in [-0.25, -0.2) is 0 Å². The zero-order valence-corrected chi connectivity index (χ0v) is 19.8. The van der Waals surface area contributed by atoms with Crippen LogP contribution in [0.3, 0.4) is 0 Å². The molecule has 0 bridgehead atoms. The minimum Gasteiger partial charge on any atom is -0.455 e. The lowest BCUT2D eigenvalue weighted by Crippen LogP contribution is -2.40. The summed E-state index contributed by atoms with van der Waals surface area (Å²) in [6.45, 7) is 3.34. The van der Waals surface area contributed by atoms with Gasteiger partial charge in [-0.1, -0.05) is 41.9 Å². The fourth-order valence-corrected chi connectivity index (χ4v) is 4.14. The van der Waals surface area contributed by atoms with Gasteiger partial charge in [-0.2, -0.15) is 0 Å². The van der Waals surface area contributed by atoms with Gasteiger partial charge in [-0.15, -0.1) is 0 Å². The molecule has 0 unspecified atom stereocenters. The third-order valence-corrected chi connectivity index (χ3v) is 6.24. The fraction of sp³-hybridized carbons (Fsp3) is 0.259. The molecule has 1 saturated heterocycles. The average molecular weight is 478 g/mol. The predicted octanol–water partition coefficient (Wildman–Crippen LogP) is 5.94. The number of likely N-dealkylation sites (tertiary alicyclic amines) is 1. The Morgan fingerprint density at radius 1 is 0.941 bits per heavy atom. The summed E-state index contributed by atoms with van der Waals surface area (Å²) in [6.07, 6.45) is 1.36. The Morgan fingerprint density at radius 2 is 1.59 bits per heavy atom. The molecule has 3 aromatic carbocycles. The van der Waals surface area contributed by atoms with Gasteiger partial charge in [0.1, 0.15) is 5.75 Å². The molecule has 1 aliphatic heterocycles. The summed E-state index contributed by atoms with van der Waals surface area (Å²) in [7, 11) is 0. The third kappa shape index (κ3) is 6.08. The Morgan fingerprint density at radius 3 is 2.29 bits per heavy atom. The van der Waals surface area contributed by atoms with E-state index in [1.54, 1.807) is 24.0 Å². The first-order valence-corrected chi connectivity index (χ1v) is 11.8. The van der Waals surface area contributed by atoms with Crippen LogP contribution in [0, 0.1) is 5.92 Å². The largest absolute Gasteiger partial charge is 0.455 e. The van der Waals surface area contributed by atoms with E-state index in [2.05, 4.69) is 10.6 Å². The van der Waals surface area contributed by atoms with Crippen LogP contribution in [0.5, 0.6) is 11.5 Å². The van der Waals surface area contributed by atoms with E-state index < -0.39 is 0 Å². The van der Waals surface area contributed by atoms with Crippen molar-refractivity contribution in [1.82, 2.24) is 4.90 Å². The zero-order valence-electron chi connectivity index (χ0n) is 19.1. The lowest BCUT2D eigenvalue weighted by molar-refractivity contribution is -0.132. The van der Waals surface area contributed by atoms with Crippen molar-refractivity contribution >= 4 is 34.8 Å². The molecule has 2 amide bonds. The van der Waals surface area contributed by atoms with Gasteiger partial charge >= 0.3 is 0 Å². The maximum atomic E-state index is 12.9. The van der Waals surface area contributed by atoms with Gasteiger partial charge in [0.05, 0.1) is 5.69 Å². The Hall–Kier alpha value is -3.51. The number of benzene rings is 3. The quantitative estimate of drug-likeness (QED) is 0.441. The molecule has 176 valence electrons. The normalized spacial score (nSPS) is 13.9. The Kier molecular flexibility index (Phi) is 7.70. The first-order chi connectivity index (χ1) is 16.5. The number of amides is 2. The number of anilines is 2. The second-order valence-electron chi connectivity index (χ2n) is 8.33. The lowest BCUT2D eigenvalue weighted by Gasteiger charge is -2.30. The van der Waals surface area contributed by atoms with Crippen molar-refractivity contribution in [3.8, 4) is 11.5 Å². The number of piperidine rings is 1. The molecule has 34 heavy (non-hydrogen) atoms. The fourth-order valence-electron chi connectivity index (χ4n) is 4.01. The van der Waals surface area contributed by atoms with Crippen molar-refractivity contribution in [2.45, 2.75) is 26.3 Å². The van der Waals surface area contributed by atoms with Crippen LogP contribution >= 0.6 is 11.6 Å². The van der Waals surface area contributed by atoms with Crippen LogP contribution < -0.4 is 15.4 Å². The van der Waals surface area contributed by atoms with Gasteiger partial charge in [-0.05, 0) is 60.9 Å². The second-order valence-corrected chi connectivity index (χ2v) is 8.77. The molecule has 0 atom stereocenters. The van der Waals surface area contributed by atoms with Crippen LogP contribution in [0.4, 0.5) is 11.4 Å². The summed E-state index contributed by atoms with van der Waals surface area (Å²) in [5.41, 5.74) is 2.60. The van der Waals surface area contributed by atoms with E-state index >= 15 is 0 Å². The van der Waals surface area contributed by atoms with E-state index in [4.69, 9.17) is 16.3 Å². The molecule has 7 heteroatoms. The standard InChI is InChI=1S/C27H28ClN3O3/c1-19(32)31-16-14-20(15-17-31)27(33)30-24-7-3-2-6-21(24)18-29-25-8-4-5-9-26(25)34-23-12-10-22(28)11-13-23/h2-13,20,29H,14-18H2,1H3,(H,30,33). The van der Waals surface area contributed by atoms with E-state index in [1.165, 1.54) is 0 Å². The van der Waals surface area contributed by atoms with Crippen LogP contribution in [0.15, 0.2) is 72.8 Å². The summed E-state index contributed by atoms with van der Waals surface area (Å²) >= 11 is 5.97. The second kappa shape index (κ2) is 11.1. The smallest absolute Gasteiger partial charge is 0.227 e. The molecular weight excluding hydrogens is 450 g/mol. The van der Waals surface area contributed by atoms with Crippen LogP contribution in [-0.4, -0.2) is 29.8 Å². The van der Waals surface area contributed by atoms with Gasteiger partial charge < -0.3 is 20.3 Å². The van der Waals surface area contributed by atoms with Gasteiger partial charge in [0.2, 0.25) is 11.8 Å². The number of halogens is 1. The first-order valence-electron chi connectivity index (χ1n) is 11.4. The number of para-hydroxylation sites is 3. The number of nitrogens with one attached hydrogen (secondary N) is 2. The van der Waals surface area contributed by atoms with Gasteiger partial charge in [0.15, 0.2) is 5.75 Å². The molecule has 1 aliphatic rings. The molecule has 4 rings (SSSR count). The molecule has 0 aromatic heterocycles. The van der Waals surface area contributed by atoms with E-state index in [-0.39, 0.29) is 17.7 Å². The van der Waals surface area contributed by atoms with Crippen molar-refractivity contribution in [2.75, 3.05) is 23.7 Å². The molecule has 1 fully saturated rings. The van der Waals surface area contributed by atoms with Crippen molar-refractivity contribution in [3.05, 3.63) is 83.4 Å². The lowest BCUT2D eigenvalue weighted by atomic mass is 9.95. The van der Waals surface area contributed by atoms with Crippen molar-refractivity contribution in [1.29, 1.82) is 0 Å². The van der Waals surface area contributed by atoms with Crippen molar-refractivity contribution in [2.24, 2.45) is 5.92 Å².